The highest BCUT2D eigenvalue weighted by Crippen LogP contribution is 2.31. The minimum atomic E-state index is 0.403. The van der Waals surface area contributed by atoms with Gasteiger partial charge in [-0.25, -0.2) is 15.8 Å². The number of rotatable bonds is 7. The van der Waals surface area contributed by atoms with Gasteiger partial charge in [-0.1, -0.05) is 19.8 Å². The Balaban J connectivity index is 1.98. The molecule has 2 unspecified atom stereocenters. The number of anilines is 2. The Morgan fingerprint density at radius 3 is 2.80 bits per heavy atom. The van der Waals surface area contributed by atoms with E-state index in [4.69, 9.17) is 10.6 Å². The molecule has 6 nitrogen and oxygen atoms in total. The molecular weight excluding hydrogens is 254 g/mol. The van der Waals surface area contributed by atoms with Crippen LogP contribution < -0.4 is 16.6 Å². The van der Waals surface area contributed by atoms with E-state index in [0.29, 0.717) is 24.9 Å². The lowest BCUT2D eigenvalue weighted by Gasteiger charge is -2.17. The minimum Gasteiger partial charge on any atom is -0.374 e. The summed E-state index contributed by atoms with van der Waals surface area (Å²) in [5.74, 6) is 9.03. The van der Waals surface area contributed by atoms with Gasteiger partial charge in [0.2, 0.25) is 0 Å². The van der Waals surface area contributed by atoms with Crippen molar-refractivity contribution in [3.05, 3.63) is 11.9 Å². The molecule has 6 heteroatoms. The van der Waals surface area contributed by atoms with Crippen LogP contribution in [0, 0.1) is 11.8 Å². The second-order valence-corrected chi connectivity index (χ2v) is 5.39. The number of ether oxygens (including phenoxy) is 1. The zero-order valence-corrected chi connectivity index (χ0v) is 12.4. The summed E-state index contributed by atoms with van der Waals surface area (Å²) in [6.07, 6.45) is 3.97. The second-order valence-electron chi connectivity index (χ2n) is 5.39. The number of hydrogen-bond donors (Lipinski definition) is 3. The maximum absolute atomic E-state index is 5.45. The molecule has 0 aliphatic heterocycles. The summed E-state index contributed by atoms with van der Waals surface area (Å²) in [5.41, 5.74) is 2.57. The largest absolute Gasteiger partial charge is 0.374 e. The first-order valence-electron chi connectivity index (χ1n) is 7.39. The van der Waals surface area contributed by atoms with E-state index in [1.54, 1.807) is 0 Å². The molecule has 1 aliphatic rings. The van der Waals surface area contributed by atoms with E-state index < -0.39 is 0 Å². The summed E-state index contributed by atoms with van der Waals surface area (Å²) in [5, 5.41) is 3.41. The summed E-state index contributed by atoms with van der Waals surface area (Å²) in [6.45, 7) is 6.28. The molecule has 1 aromatic rings. The number of nitrogens with zero attached hydrogens (tertiary/aromatic N) is 2. The number of aromatic nitrogens is 2. The second kappa shape index (κ2) is 7.40. The maximum Gasteiger partial charge on any atom is 0.158 e. The fourth-order valence-corrected chi connectivity index (χ4v) is 2.68. The van der Waals surface area contributed by atoms with Crippen LogP contribution in [-0.2, 0) is 11.3 Å². The van der Waals surface area contributed by atoms with Crippen LogP contribution in [0.15, 0.2) is 6.07 Å². The van der Waals surface area contributed by atoms with Gasteiger partial charge < -0.3 is 15.5 Å². The molecule has 0 aromatic carbocycles. The number of nitrogen functional groups attached to an aromatic ring is 1. The minimum absolute atomic E-state index is 0.403. The van der Waals surface area contributed by atoms with Gasteiger partial charge in [0.05, 0.1) is 0 Å². The third-order valence-electron chi connectivity index (χ3n) is 3.94. The van der Waals surface area contributed by atoms with Gasteiger partial charge in [-0.2, -0.15) is 0 Å². The number of nitrogens with two attached hydrogens (primary N) is 1. The molecule has 0 bridgehead atoms. The average molecular weight is 279 g/mol. The van der Waals surface area contributed by atoms with E-state index in [1.165, 1.54) is 19.3 Å². The van der Waals surface area contributed by atoms with Crippen molar-refractivity contribution in [1.29, 1.82) is 0 Å². The molecule has 1 heterocycles. The molecule has 0 amide bonds. The van der Waals surface area contributed by atoms with Gasteiger partial charge in [-0.15, -0.1) is 0 Å². The van der Waals surface area contributed by atoms with E-state index in [0.717, 1.165) is 24.2 Å². The van der Waals surface area contributed by atoms with Crippen LogP contribution in [0.2, 0.25) is 0 Å². The average Bonchev–Trinajstić information content (AvgIpc) is 2.88. The smallest absolute Gasteiger partial charge is 0.158 e. The molecule has 1 aliphatic carbocycles. The Hall–Kier alpha value is -1.40. The van der Waals surface area contributed by atoms with Crippen molar-refractivity contribution < 1.29 is 4.74 Å². The van der Waals surface area contributed by atoms with Crippen LogP contribution in [0.3, 0.4) is 0 Å². The first-order chi connectivity index (χ1) is 9.72. The Bertz CT molecular complexity index is 426. The molecule has 0 saturated heterocycles. The first kappa shape index (κ1) is 15.0. The van der Waals surface area contributed by atoms with Crippen LogP contribution >= 0.6 is 0 Å². The fraction of sp³-hybridized carbons (Fsp3) is 0.714. The lowest BCUT2D eigenvalue weighted by Crippen LogP contribution is -2.18. The highest BCUT2D eigenvalue weighted by Gasteiger charge is 2.23. The molecule has 20 heavy (non-hydrogen) atoms. The van der Waals surface area contributed by atoms with Gasteiger partial charge in [0.1, 0.15) is 18.2 Å². The number of hydrazine groups is 1. The monoisotopic (exact) mass is 279 g/mol. The molecule has 0 spiro atoms. The number of nitrogens with one attached hydrogen (secondary N) is 2. The fourth-order valence-electron chi connectivity index (χ4n) is 2.68. The Morgan fingerprint density at radius 2 is 2.15 bits per heavy atom. The van der Waals surface area contributed by atoms with E-state index >= 15 is 0 Å². The summed E-state index contributed by atoms with van der Waals surface area (Å²) in [7, 11) is 0. The summed E-state index contributed by atoms with van der Waals surface area (Å²) < 4.78 is 5.35. The van der Waals surface area contributed by atoms with Crippen molar-refractivity contribution in [2.24, 2.45) is 17.7 Å². The van der Waals surface area contributed by atoms with E-state index in [2.05, 4.69) is 27.6 Å². The van der Waals surface area contributed by atoms with Crippen molar-refractivity contribution in [3.63, 3.8) is 0 Å². The van der Waals surface area contributed by atoms with Gasteiger partial charge in [-0.05, 0) is 25.2 Å². The molecule has 0 radical (unpaired) electrons. The van der Waals surface area contributed by atoms with E-state index in [9.17, 15) is 0 Å². The molecule has 4 N–H and O–H groups in total. The van der Waals surface area contributed by atoms with E-state index in [-0.39, 0.29) is 0 Å². The predicted octanol–water partition coefficient (Wildman–Crippen LogP) is 2.15. The van der Waals surface area contributed by atoms with Gasteiger partial charge in [0.25, 0.3) is 0 Å². The third-order valence-corrected chi connectivity index (χ3v) is 3.94. The van der Waals surface area contributed by atoms with Gasteiger partial charge in [-0.3, -0.25) is 0 Å². The topological polar surface area (TPSA) is 85.1 Å². The highest BCUT2D eigenvalue weighted by molar-refractivity contribution is 5.46. The van der Waals surface area contributed by atoms with Crippen LogP contribution in [0.25, 0.3) is 0 Å². The molecular formula is C14H25N5O. The summed E-state index contributed by atoms with van der Waals surface area (Å²) >= 11 is 0. The van der Waals surface area contributed by atoms with Gasteiger partial charge >= 0.3 is 0 Å². The van der Waals surface area contributed by atoms with Gasteiger partial charge in [0, 0.05) is 19.2 Å². The number of hydrogen-bond acceptors (Lipinski definition) is 6. The van der Waals surface area contributed by atoms with Crippen LogP contribution in [0.4, 0.5) is 11.6 Å². The highest BCUT2D eigenvalue weighted by atomic mass is 16.5. The Morgan fingerprint density at radius 1 is 1.35 bits per heavy atom. The molecule has 112 valence electrons. The van der Waals surface area contributed by atoms with Gasteiger partial charge in [0.15, 0.2) is 5.82 Å². The quantitative estimate of drug-likeness (QED) is 0.524. The van der Waals surface area contributed by atoms with Crippen molar-refractivity contribution in [3.8, 4) is 0 Å². The van der Waals surface area contributed by atoms with Crippen molar-refractivity contribution in [2.75, 3.05) is 23.9 Å². The zero-order valence-electron chi connectivity index (χ0n) is 12.4. The molecule has 1 saturated carbocycles. The predicted molar refractivity (Wildman–Crippen MR) is 80.2 cm³/mol. The molecule has 2 atom stereocenters. The van der Waals surface area contributed by atoms with Crippen molar-refractivity contribution >= 4 is 11.6 Å². The Labute approximate surface area is 120 Å². The van der Waals surface area contributed by atoms with Crippen LogP contribution in [0.1, 0.15) is 38.9 Å². The standard InChI is InChI=1S/C14H25N5O/c1-3-20-9-14-17-12(7-13(18-14)19-15)16-8-11-6-4-5-10(11)2/h7,10-11H,3-6,8-9,15H2,1-2H3,(H2,16,17,18,19). The SMILES string of the molecule is CCOCc1nc(NN)cc(NCC2CCCC2C)n1. The third kappa shape index (κ3) is 4.05. The van der Waals surface area contributed by atoms with Crippen LogP contribution in [0.5, 0.6) is 0 Å². The lowest BCUT2D eigenvalue weighted by molar-refractivity contribution is 0.128. The normalized spacial score (nSPS) is 21.9. The summed E-state index contributed by atoms with van der Waals surface area (Å²) in [6, 6.07) is 1.83. The molecule has 1 fully saturated rings. The van der Waals surface area contributed by atoms with Crippen molar-refractivity contribution in [1.82, 2.24) is 9.97 Å². The Kier molecular flexibility index (Phi) is 5.55. The summed E-state index contributed by atoms with van der Waals surface area (Å²) in [4.78, 5) is 8.73. The molecule has 1 aromatic heterocycles. The molecule has 2 rings (SSSR count). The van der Waals surface area contributed by atoms with E-state index in [1.807, 2.05) is 13.0 Å². The lowest BCUT2D eigenvalue weighted by atomic mass is 9.98. The first-order valence-corrected chi connectivity index (χ1v) is 7.39. The van der Waals surface area contributed by atoms with Crippen LogP contribution in [-0.4, -0.2) is 23.1 Å². The maximum atomic E-state index is 5.45. The zero-order chi connectivity index (χ0) is 14.4. The van der Waals surface area contributed by atoms with Crippen molar-refractivity contribution in [2.45, 2.75) is 39.7 Å².